The summed E-state index contributed by atoms with van der Waals surface area (Å²) < 4.78 is 0.309. The molecule has 0 unspecified atom stereocenters. The van der Waals surface area contributed by atoms with Crippen LogP contribution in [0.1, 0.15) is 19.8 Å². The van der Waals surface area contributed by atoms with Gasteiger partial charge in [-0.3, -0.25) is 14.4 Å². The molecular formula is C13H25ClN2O8. The van der Waals surface area contributed by atoms with Crippen molar-refractivity contribution < 1.29 is 44.1 Å². The van der Waals surface area contributed by atoms with Crippen LogP contribution in [0.2, 0.25) is 0 Å². The predicted octanol–water partition coefficient (Wildman–Crippen LogP) is -2.55. The second kappa shape index (κ2) is 10.9. The van der Waals surface area contributed by atoms with Gasteiger partial charge in [-0.25, -0.2) is 0 Å². The largest absolute Gasteiger partial charge is 0.550 e. The molecule has 0 aliphatic heterocycles. The van der Waals surface area contributed by atoms with Crippen LogP contribution in [0.25, 0.3) is 0 Å². The monoisotopic (exact) mass is 372 g/mol. The number of carboxylic acids is 3. The first-order chi connectivity index (χ1) is 10.1. The van der Waals surface area contributed by atoms with E-state index in [2.05, 4.69) is 0 Å². The molecule has 10 nitrogen and oxygen atoms in total. The van der Waals surface area contributed by atoms with Crippen LogP contribution in [0.5, 0.6) is 0 Å². The Kier molecular flexibility index (Phi) is 12.3. The van der Waals surface area contributed by atoms with Crippen molar-refractivity contribution in [1.29, 1.82) is 0 Å². The molecule has 24 heavy (non-hydrogen) atoms. The van der Waals surface area contributed by atoms with E-state index in [-0.39, 0.29) is 19.0 Å². The van der Waals surface area contributed by atoms with Gasteiger partial charge in [0, 0.05) is 12.4 Å². The van der Waals surface area contributed by atoms with E-state index in [1.807, 2.05) is 0 Å². The minimum absolute atomic E-state index is 0. The van der Waals surface area contributed by atoms with E-state index in [0.717, 1.165) is 0 Å². The summed E-state index contributed by atoms with van der Waals surface area (Å²) >= 11 is 0. The number of halogens is 1. The SMILES string of the molecule is CC(=O)[C@@](O)(CC(=O)[O-])C[N+](C)(C)C.Cl.N[C@@H](CC(=O)O)C(=O)O. The van der Waals surface area contributed by atoms with Crippen LogP contribution < -0.4 is 10.8 Å². The lowest BCUT2D eigenvalue weighted by Crippen LogP contribution is -2.55. The molecule has 0 amide bonds. The fraction of sp³-hybridized carbons (Fsp3) is 0.692. The fourth-order valence-electron chi connectivity index (χ4n) is 1.59. The Morgan fingerprint density at radius 3 is 1.75 bits per heavy atom. The maximum Gasteiger partial charge on any atom is 0.321 e. The Morgan fingerprint density at radius 1 is 1.17 bits per heavy atom. The Bertz CT molecular complexity index is 463. The van der Waals surface area contributed by atoms with Gasteiger partial charge in [-0.1, -0.05) is 0 Å². The molecule has 0 aromatic heterocycles. The Hall–Kier alpha value is -1.75. The third-order valence-electron chi connectivity index (χ3n) is 2.54. The number of aliphatic hydroxyl groups is 1. The van der Waals surface area contributed by atoms with Crippen molar-refractivity contribution in [3.63, 3.8) is 0 Å². The number of likely N-dealkylation sites (N-methyl/N-ethyl adjacent to an activating group) is 1. The molecule has 0 aliphatic rings. The van der Waals surface area contributed by atoms with Gasteiger partial charge in [0.05, 0.1) is 27.6 Å². The molecule has 0 saturated heterocycles. The topological polar surface area (TPSA) is 178 Å². The van der Waals surface area contributed by atoms with Crippen LogP contribution >= 0.6 is 12.4 Å². The van der Waals surface area contributed by atoms with Crippen LogP contribution in [0.4, 0.5) is 0 Å². The van der Waals surface area contributed by atoms with Crippen LogP contribution in [-0.2, 0) is 19.2 Å². The molecule has 11 heteroatoms. The van der Waals surface area contributed by atoms with Gasteiger partial charge < -0.3 is 35.4 Å². The molecule has 0 aromatic rings. The van der Waals surface area contributed by atoms with Gasteiger partial charge >= 0.3 is 11.9 Å². The van der Waals surface area contributed by atoms with Gasteiger partial charge in [0.2, 0.25) is 0 Å². The summed E-state index contributed by atoms with van der Waals surface area (Å²) in [7, 11) is 5.30. The van der Waals surface area contributed by atoms with Gasteiger partial charge in [0.25, 0.3) is 0 Å². The number of hydrogen-bond acceptors (Lipinski definition) is 7. The molecule has 2 atom stereocenters. The number of carbonyl (C=O) groups excluding carboxylic acids is 2. The molecule has 0 bridgehead atoms. The molecule has 0 radical (unpaired) electrons. The van der Waals surface area contributed by atoms with Crippen LogP contribution in [0, 0.1) is 0 Å². The quantitative estimate of drug-likeness (QED) is 0.333. The number of nitrogens with two attached hydrogens (primary N) is 1. The molecule has 0 aliphatic carbocycles. The average molecular weight is 373 g/mol. The molecule has 142 valence electrons. The standard InChI is InChI=1S/C9H17NO4.C4H7NO4.ClH/c1-7(11)9(14,5-8(12)13)6-10(2,3)4;5-2(4(8)9)1-3(6)7;/h14H,5-6H2,1-4H3;2H,1,5H2,(H,6,7)(H,8,9);1H/t9-;2-;/m10./s1. The number of ketones is 1. The van der Waals surface area contributed by atoms with E-state index in [4.69, 9.17) is 15.9 Å². The number of Topliss-reactive ketones (excluding diaryl/α,β-unsaturated/α-hetero) is 1. The summed E-state index contributed by atoms with van der Waals surface area (Å²) in [6.45, 7) is 1.23. The van der Waals surface area contributed by atoms with Gasteiger partial charge in [-0.15, -0.1) is 12.4 Å². The highest BCUT2D eigenvalue weighted by Gasteiger charge is 2.38. The van der Waals surface area contributed by atoms with Crippen molar-refractivity contribution in [1.82, 2.24) is 0 Å². The highest BCUT2D eigenvalue weighted by atomic mass is 35.5. The second-order valence-electron chi connectivity index (χ2n) is 6.13. The minimum Gasteiger partial charge on any atom is -0.550 e. The average Bonchev–Trinajstić information content (AvgIpc) is 2.24. The smallest absolute Gasteiger partial charge is 0.321 e. The number of quaternary nitrogens is 1. The van der Waals surface area contributed by atoms with Gasteiger partial charge in [-0.2, -0.15) is 0 Å². The zero-order valence-electron chi connectivity index (χ0n) is 14.0. The summed E-state index contributed by atoms with van der Waals surface area (Å²) in [4.78, 5) is 41.1. The lowest BCUT2D eigenvalue weighted by Gasteiger charge is -2.34. The van der Waals surface area contributed by atoms with E-state index < -0.39 is 48.2 Å². The van der Waals surface area contributed by atoms with Gasteiger partial charge in [-0.05, 0) is 6.92 Å². The first-order valence-electron chi connectivity index (χ1n) is 6.54. The van der Waals surface area contributed by atoms with Crippen molar-refractivity contribution in [2.24, 2.45) is 5.73 Å². The maximum atomic E-state index is 11.1. The molecular weight excluding hydrogens is 348 g/mol. The minimum atomic E-state index is -1.82. The Labute approximate surface area is 145 Å². The van der Waals surface area contributed by atoms with Crippen molar-refractivity contribution in [3.8, 4) is 0 Å². The van der Waals surface area contributed by atoms with E-state index in [9.17, 15) is 29.4 Å². The van der Waals surface area contributed by atoms with Crippen molar-refractivity contribution in [3.05, 3.63) is 0 Å². The normalized spacial score (nSPS) is 14.1. The summed E-state index contributed by atoms with van der Waals surface area (Å²) in [5, 5.41) is 36.2. The zero-order valence-corrected chi connectivity index (χ0v) is 14.8. The lowest BCUT2D eigenvalue weighted by atomic mass is 9.94. The molecule has 5 N–H and O–H groups in total. The predicted molar refractivity (Wildman–Crippen MR) is 83.3 cm³/mol. The first-order valence-corrected chi connectivity index (χ1v) is 6.54. The summed E-state index contributed by atoms with van der Waals surface area (Å²) in [5.41, 5.74) is 3.01. The van der Waals surface area contributed by atoms with Crippen molar-refractivity contribution >= 4 is 36.1 Å². The highest BCUT2D eigenvalue weighted by Crippen LogP contribution is 2.15. The highest BCUT2D eigenvalue weighted by molar-refractivity contribution is 5.88. The third kappa shape index (κ3) is 13.9. The molecule has 0 heterocycles. The summed E-state index contributed by atoms with van der Waals surface area (Å²) in [6, 6.07) is -1.29. The molecule has 0 spiro atoms. The third-order valence-corrected chi connectivity index (χ3v) is 2.54. The van der Waals surface area contributed by atoms with Crippen molar-refractivity contribution in [2.75, 3.05) is 27.7 Å². The lowest BCUT2D eigenvalue weighted by molar-refractivity contribution is -0.875. The number of carboxylic acid groups (broad SMARTS) is 3. The van der Waals surface area contributed by atoms with Gasteiger partial charge in [0.15, 0.2) is 11.4 Å². The first kappa shape index (κ1) is 27.1. The van der Waals surface area contributed by atoms with E-state index >= 15 is 0 Å². The maximum absolute atomic E-state index is 11.1. The molecule has 0 rings (SSSR count). The molecule has 0 fully saturated rings. The van der Waals surface area contributed by atoms with Crippen molar-refractivity contribution in [2.45, 2.75) is 31.4 Å². The fourth-order valence-corrected chi connectivity index (χ4v) is 1.59. The number of aliphatic carboxylic acids is 3. The van der Waals surface area contributed by atoms with Crippen LogP contribution in [0.15, 0.2) is 0 Å². The van der Waals surface area contributed by atoms with E-state index in [1.165, 1.54) is 6.92 Å². The van der Waals surface area contributed by atoms with Crippen LogP contribution in [0.3, 0.4) is 0 Å². The molecule has 0 saturated carbocycles. The zero-order chi connectivity index (χ0) is 19.0. The second-order valence-corrected chi connectivity index (χ2v) is 6.13. The number of carbonyl (C=O) groups is 4. The number of hydrogen-bond donors (Lipinski definition) is 4. The van der Waals surface area contributed by atoms with Gasteiger partial charge in [0.1, 0.15) is 12.6 Å². The molecule has 0 aromatic carbocycles. The summed E-state index contributed by atoms with van der Waals surface area (Å²) in [6.07, 6.45) is -1.19. The van der Waals surface area contributed by atoms with E-state index in [0.29, 0.717) is 4.48 Å². The van der Waals surface area contributed by atoms with Crippen LogP contribution in [-0.4, -0.2) is 82.8 Å². The Morgan fingerprint density at radius 2 is 1.58 bits per heavy atom. The van der Waals surface area contributed by atoms with E-state index in [1.54, 1.807) is 21.1 Å². The number of rotatable bonds is 8. The summed E-state index contributed by atoms with van der Waals surface area (Å²) in [5.74, 6) is -4.46. The Balaban J connectivity index is -0.000000385. The number of nitrogens with zero attached hydrogens (tertiary/aromatic N) is 1.